The summed E-state index contributed by atoms with van der Waals surface area (Å²) in [6.45, 7) is 6.31. The van der Waals surface area contributed by atoms with E-state index in [1.54, 1.807) is 20.8 Å². The number of fused-ring (bicyclic) bond motifs is 5. The first-order chi connectivity index (χ1) is 14.8. The number of allylic oxidation sites excluding steroid dienone is 4. The van der Waals surface area contributed by atoms with E-state index in [1.807, 2.05) is 0 Å². The molecule has 9 atom stereocenters. The predicted octanol–water partition coefficient (Wildman–Crippen LogP) is 3.33. The van der Waals surface area contributed by atoms with Crippen LogP contribution in [0.1, 0.15) is 53.4 Å². The van der Waals surface area contributed by atoms with Crippen molar-refractivity contribution < 1.29 is 38.1 Å². The highest BCUT2D eigenvalue weighted by Crippen LogP contribution is 2.71. The smallest absolute Gasteiger partial charge is 0.349 e. The molecule has 3 fully saturated rings. The Hall–Kier alpha value is -2.09. The molecule has 3 saturated carbocycles. The maximum Gasteiger partial charge on any atom is 0.349 e. The van der Waals surface area contributed by atoms with E-state index in [9.17, 15) is 24.6 Å². The third kappa shape index (κ3) is 2.50. The van der Waals surface area contributed by atoms with Gasteiger partial charge in [0.1, 0.15) is 6.17 Å². The van der Waals surface area contributed by atoms with Crippen LogP contribution in [0, 0.1) is 28.6 Å². The number of hydrogen-bond donors (Lipinski definition) is 2. The molecule has 2 unspecified atom stereocenters. The fourth-order valence-electron chi connectivity index (χ4n) is 7.49. The lowest BCUT2D eigenvalue weighted by molar-refractivity contribution is -0.237. The number of carbonyl (C=O) groups excluding carboxylic acids is 2. The van der Waals surface area contributed by atoms with E-state index in [0.29, 0.717) is 0 Å². The molecule has 0 spiro atoms. The number of ether oxygens (including phenoxy) is 1. The SMILES string of the molecule is CCC(=O)O[C@]1(C(=O)O)[C@H](C)CC2C3C[C@H](F)C4=CC(=O)C=C[C@]4(C)[C@@]3(F)[C@@H](O)C[C@@]21C. The van der Waals surface area contributed by atoms with Gasteiger partial charge in [-0.25, -0.2) is 13.6 Å². The van der Waals surface area contributed by atoms with Crippen LogP contribution in [0.5, 0.6) is 0 Å². The summed E-state index contributed by atoms with van der Waals surface area (Å²) < 4.78 is 38.1. The van der Waals surface area contributed by atoms with Gasteiger partial charge in [-0.05, 0) is 49.8 Å². The molecule has 0 aromatic heterocycles. The van der Waals surface area contributed by atoms with Gasteiger partial charge >= 0.3 is 11.9 Å². The summed E-state index contributed by atoms with van der Waals surface area (Å²) in [6.07, 6.45) is 0.0529. The van der Waals surface area contributed by atoms with Crippen molar-refractivity contribution in [3.05, 3.63) is 23.8 Å². The van der Waals surface area contributed by atoms with Crippen LogP contribution in [0.3, 0.4) is 0 Å². The Bertz CT molecular complexity index is 945. The number of aliphatic carboxylic acids is 1. The maximum absolute atomic E-state index is 17.1. The van der Waals surface area contributed by atoms with E-state index < -0.39 is 69.9 Å². The fourth-order valence-corrected chi connectivity index (χ4v) is 7.49. The summed E-state index contributed by atoms with van der Waals surface area (Å²) in [6, 6.07) is 0. The second kappa shape index (κ2) is 6.95. The lowest BCUT2D eigenvalue weighted by Gasteiger charge is -2.62. The number of carbonyl (C=O) groups is 3. The topological polar surface area (TPSA) is 101 Å². The largest absolute Gasteiger partial charge is 0.478 e. The molecule has 0 aliphatic heterocycles. The predicted molar refractivity (Wildman–Crippen MR) is 110 cm³/mol. The highest BCUT2D eigenvalue weighted by atomic mass is 19.1. The molecule has 0 aromatic carbocycles. The zero-order valence-electron chi connectivity index (χ0n) is 18.7. The van der Waals surface area contributed by atoms with Gasteiger partial charge in [0.2, 0.25) is 5.60 Å². The number of aliphatic hydroxyl groups excluding tert-OH is 1. The van der Waals surface area contributed by atoms with Crippen LogP contribution >= 0.6 is 0 Å². The molecule has 0 heterocycles. The number of hydrogen-bond acceptors (Lipinski definition) is 5. The van der Waals surface area contributed by atoms with Gasteiger partial charge in [-0.2, -0.15) is 0 Å². The zero-order valence-corrected chi connectivity index (χ0v) is 18.7. The van der Waals surface area contributed by atoms with Gasteiger partial charge in [0.25, 0.3) is 0 Å². The first-order valence-corrected chi connectivity index (χ1v) is 11.2. The van der Waals surface area contributed by atoms with Gasteiger partial charge in [0.15, 0.2) is 11.5 Å². The summed E-state index contributed by atoms with van der Waals surface area (Å²) >= 11 is 0. The van der Waals surface area contributed by atoms with Crippen molar-refractivity contribution in [2.45, 2.75) is 76.9 Å². The van der Waals surface area contributed by atoms with E-state index in [2.05, 4.69) is 0 Å². The molecular weight excluding hydrogens is 422 g/mol. The first kappa shape index (κ1) is 23.1. The highest BCUT2D eigenvalue weighted by Gasteiger charge is 2.78. The molecule has 4 rings (SSSR count). The van der Waals surface area contributed by atoms with Crippen LogP contribution in [0.2, 0.25) is 0 Å². The van der Waals surface area contributed by atoms with Crippen LogP contribution < -0.4 is 0 Å². The van der Waals surface area contributed by atoms with E-state index in [-0.39, 0.29) is 31.3 Å². The second-order valence-electron chi connectivity index (χ2n) is 10.4. The molecule has 0 radical (unpaired) electrons. The number of carboxylic acids is 1. The second-order valence-corrected chi connectivity index (χ2v) is 10.4. The minimum atomic E-state index is -2.30. The highest BCUT2D eigenvalue weighted by molar-refractivity contribution is 6.01. The molecule has 0 aromatic rings. The van der Waals surface area contributed by atoms with Crippen LogP contribution in [0.25, 0.3) is 0 Å². The number of rotatable bonds is 3. The van der Waals surface area contributed by atoms with Gasteiger partial charge in [0.05, 0.1) is 6.10 Å². The monoisotopic (exact) mass is 452 g/mol. The minimum Gasteiger partial charge on any atom is -0.478 e. The Kier molecular flexibility index (Phi) is 5.02. The molecule has 4 aliphatic carbocycles. The number of ketones is 1. The van der Waals surface area contributed by atoms with E-state index >= 15 is 8.78 Å². The minimum absolute atomic E-state index is 0.0133. The quantitative estimate of drug-likeness (QED) is 0.637. The Morgan fingerprint density at radius 2 is 1.91 bits per heavy atom. The Morgan fingerprint density at radius 1 is 1.25 bits per heavy atom. The van der Waals surface area contributed by atoms with Crippen molar-refractivity contribution in [2.24, 2.45) is 28.6 Å². The van der Waals surface area contributed by atoms with Crippen molar-refractivity contribution in [3.63, 3.8) is 0 Å². The third-order valence-corrected chi connectivity index (χ3v) is 9.05. The lowest BCUT2D eigenvalue weighted by Crippen LogP contribution is -2.71. The average molecular weight is 452 g/mol. The first-order valence-electron chi connectivity index (χ1n) is 11.2. The number of esters is 1. The average Bonchev–Trinajstić information content (AvgIpc) is 2.93. The molecule has 8 heteroatoms. The number of alkyl halides is 2. The molecule has 0 amide bonds. The zero-order chi connectivity index (χ0) is 23.9. The van der Waals surface area contributed by atoms with Gasteiger partial charge in [-0.15, -0.1) is 0 Å². The van der Waals surface area contributed by atoms with E-state index in [1.165, 1.54) is 19.1 Å². The summed E-state index contributed by atoms with van der Waals surface area (Å²) in [5, 5.41) is 21.5. The van der Waals surface area contributed by atoms with Crippen molar-refractivity contribution in [1.29, 1.82) is 0 Å². The molecule has 176 valence electrons. The van der Waals surface area contributed by atoms with Crippen molar-refractivity contribution in [3.8, 4) is 0 Å². The maximum atomic E-state index is 17.1. The fraction of sp³-hybridized carbons (Fsp3) is 0.708. The standard InChI is InChI=1S/C24H30F2O6/c1-5-19(29)32-24(20(30)31)12(2)8-14-15-10-17(25)16-9-13(27)6-7-21(16,3)23(15,26)18(28)11-22(14,24)4/h6-7,9,12,14-15,17-18,28H,5,8,10-11H2,1-4H3,(H,30,31)/t12-,14?,15?,17+,18+,21+,22+,23+,24+/m1/s1. The molecular formula is C24H30F2O6. The van der Waals surface area contributed by atoms with Crippen LogP contribution in [0.4, 0.5) is 8.78 Å². The summed E-state index contributed by atoms with van der Waals surface area (Å²) in [5.74, 6) is -4.78. The molecule has 2 N–H and O–H groups in total. The number of carboxylic acid groups (broad SMARTS) is 1. The third-order valence-electron chi connectivity index (χ3n) is 9.05. The van der Waals surface area contributed by atoms with Crippen molar-refractivity contribution in [2.75, 3.05) is 0 Å². The van der Waals surface area contributed by atoms with Gasteiger partial charge in [-0.1, -0.05) is 26.8 Å². The van der Waals surface area contributed by atoms with Crippen LogP contribution in [-0.4, -0.2) is 51.5 Å². The Balaban J connectivity index is 1.87. The molecule has 32 heavy (non-hydrogen) atoms. The molecule has 4 aliphatic rings. The Labute approximate surface area is 185 Å². The summed E-state index contributed by atoms with van der Waals surface area (Å²) in [5.41, 5.74) is -7.07. The van der Waals surface area contributed by atoms with Crippen LogP contribution in [-0.2, 0) is 19.1 Å². The Morgan fingerprint density at radius 3 is 2.50 bits per heavy atom. The van der Waals surface area contributed by atoms with Gasteiger partial charge in [-0.3, -0.25) is 9.59 Å². The lowest BCUT2D eigenvalue weighted by atomic mass is 9.44. The van der Waals surface area contributed by atoms with Crippen LogP contribution in [0.15, 0.2) is 23.8 Å². The normalized spacial score (nSPS) is 49.5. The summed E-state index contributed by atoms with van der Waals surface area (Å²) in [4.78, 5) is 36.7. The van der Waals surface area contributed by atoms with Gasteiger partial charge in [0, 0.05) is 29.1 Å². The molecule has 0 saturated heterocycles. The number of aliphatic hydroxyl groups is 1. The van der Waals surface area contributed by atoms with E-state index in [0.717, 1.165) is 6.08 Å². The van der Waals surface area contributed by atoms with Crippen molar-refractivity contribution >= 4 is 17.7 Å². The van der Waals surface area contributed by atoms with Crippen molar-refractivity contribution in [1.82, 2.24) is 0 Å². The summed E-state index contributed by atoms with van der Waals surface area (Å²) in [7, 11) is 0. The van der Waals surface area contributed by atoms with Gasteiger partial charge < -0.3 is 14.9 Å². The molecule has 6 nitrogen and oxygen atoms in total. The number of halogens is 2. The van der Waals surface area contributed by atoms with E-state index in [4.69, 9.17) is 4.74 Å². The molecule has 0 bridgehead atoms.